The number of aliphatic hydroxyl groups excluding tert-OH is 1. The summed E-state index contributed by atoms with van der Waals surface area (Å²) in [5.41, 5.74) is 1.17. The second kappa shape index (κ2) is 12.2. The van der Waals surface area contributed by atoms with Crippen molar-refractivity contribution >= 4 is 17.2 Å². The molecule has 0 bridgehead atoms. The number of thiophene rings is 1. The van der Waals surface area contributed by atoms with E-state index in [1.807, 2.05) is 34.1 Å². The van der Waals surface area contributed by atoms with Gasteiger partial charge in [-0.3, -0.25) is 9.69 Å². The Morgan fingerprint density at radius 2 is 2.12 bits per heavy atom. The van der Waals surface area contributed by atoms with E-state index in [-0.39, 0.29) is 25.1 Å². The number of carbonyl (C=O) groups excluding carboxylic acids is 1. The van der Waals surface area contributed by atoms with Crippen LogP contribution in [-0.2, 0) is 16.0 Å². The first-order chi connectivity index (χ1) is 15.5. The van der Waals surface area contributed by atoms with Gasteiger partial charge in [-0.2, -0.15) is 0 Å². The molecule has 0 saturated heterocycles. The van der Waals surface area contributed by atoms with Gasteiger partial charge < -0.3 is 24.2 Å². The zero-order valence-corrected chi connectivity index (χ0v) is 20.0. The van der Waals surface area contributed by atoms with Gasteiger partial charge in [0.15, 0.2) is 0 Å². The summed E-state index contributed by atoms with van der Waals surface area (Å²) >= 11 is 1.74. The minimum atomic E-state index is -0.614. The molecule has 2 atom stereocenters. The molecule has 2 heterocycles. The number of fused-ring (bicyclic) bond motifs is 1. The number of ether oxygens (including phenoxy) is 3. The lowest BCUT2D eigenvalue weighted by Gasteiger charge is -2.37. The van der Waals surface area contributed by atoms with E-state index in [0.717, 1.165) is 30.9 Å². The third-order valence-electron chi connectivity index (χ3n) is 5.59. The lowest BCUT2D eigenvalue weighted by molar-refractivity contribution is -0.136. The quantitative estimate of drug-likeness (QED) is 0.523. The lowest BCUT2D eigenvalue weighted by Crippen LogP contribution is -2.48. The van der Waals surface area contributed by atoms with Crippen molar-refractivity contribution in [2.45, 2.75) is 31.9 Å². The summed E-state index contributed by atoms with van der Waals surface area (Å²) in [7, 11) is 3.20. The zero-order valence-electron chi connectivity index (χ0n) is 19.2. The van der Waals surface area contributed by atoms with Crippen molar-refractivity contribution in [3.05, 3.63) is 46.2 Å². The highest BCUT2D eigenvalue weighted by atomic mass is 32.1. The molecule has 2 aromatic rings. The fourth-order valence-electron chi connectivity index (χ4n) is 4.12. The Bertz CT molecular complexity index is 858. The Labute approximate surface area is 194 Å². The van der Waals surface area contributed by atoms with E-state index in [4.69, 9.17) is 14.2 Å². The minimum Gasteiger partial charge on any atom is -0.497 e. The summed E-state index contributed by atoms with van der Waals surface area (Å²) in [5.74, 6) is 1.51. The number of carbonyl (C=O) groups is 1. The van der Waals surface area contributed by atoms with E-state index in [1.165, 1.54) is 10.4 Å². The van der Waals surface area contributed by atoms with Crippen LogP contribution in [0.15, 0.2) is 35.7 Å². The Kier molecular flexibility index (Phi) is 9.35. The van der Waals surface area contributed by atoms with Crippen molar-refractivity contribution in [1.29, 1.82) is 0 Å². The molecule has 3 rings (SSSR count). The molecule has 8 heteroatoms. The van der Waals surface area contributed by atoms with Crippen LogP contribution >= 0.6 is 11.3 Å². The van der Waals surface area contributed by atoms with Crippen LogP contribution in [0.4, 0.5) is 0 Å². The Hall–Kier alpha value is -2.13. The van der Waals surface area contributed by atoms with E-state index in [9.17, 15) is 9.90 Å². The normalized spacial score (nSPS) is 16.7. The minimum absolute atomic E-state index is 0.0548. The van der Waals surface area contributed by atoms with Gasteiger partial charge in [0.05, 0.1) is 32.4 Å². The SMILES string of the molecule is CCCN(CC(=O)N1CCc2sccc2C1COc1cccc(OC)c1)CC(O)COC. The smallest absolute Gasteiger partial charge is 0.237 e. The molecule has 0 fully saturated rings. The van der Waals surface area contributed by atoms with Crippen LogP contribution in [0.25, 0.3) is 0 Å². The van der Waals surface area contributed by atoms with Gasteiger partial charge in [-0.1, -0.05) is 13.0 Å². The van der Waals surface area contributed by atoms with Crippen molar-refractivity contribution < 1.29 is 24.1 Å². The van der Waals surface area contributed by atoms with E-state index in [0.29, 0.717) is 19.7 Å². The van der Waals surface area contributed by atoms with Crippen LogP contribution in [0.3, 0.4) is 0 Å². The van der Waals surface area contributed by atoms with E-state index in [2.05, 4.69) is 18.4 Å². The van der Waals surface area contributed by atoms with Crippen molar-refractivity contribution in [3.63, 3.8) is 0 Å². The van der Waals surface area contributed by atoms with Crippen molar-refractivity contribution in [2.24, 2.45) is 0 Å². The maximum Gasteiger partial charge on any atom is 0.237 e. The number of nitrogens with zero attached hydrogens (tertiary/aromatic N) is 2. The summed E-state index contributed by atoms with van der Waals surface area (Å²) in [4.78, 5) is 18.6. The van der Waals surface area contributed by atoms with Crippen LogP contribution in [0.2, 0.25) is 0 Å². The number of methoxy groups -OCH3 is 2. The Morgan fingerprint density at radius 1 is 1.31 bits per heavy atom. The molecular weight excluding hydrogens is 428 g/mol. The zero-order chi connectivity index (χ0) is 22.9. The average molecular weight is 463 g/mol. The predicted molar refractivity (Wildman–Crippen MR) is 126 cm³/mol. The maximum absolute atomic E-state index is 13.4. The molecule has 1 aliphatic rings. The van der Waals surface area contributed by atoms with Gasteiger partial charge in [0.1, 0.15) is 18.1 Å². The number of amides is 1. The second-order valence-electron chi connectivity index (χ2n) is 7.99. The highest BCUT2D eigenvalue weighted by Crippen LogP contribution is 2.34. The number of benzene rings is 1. The fourth-order valence-corrected chi connectivity index (χ4v) is 5.05. The van der Waals surface area contributed by atoms with Crippen molar-refractivity contribution in [1.82, 2.24) is 9.80 Å². The first-order valence-corrected chi connectivity index (χ1v) is 12.0. The number of hydrogen-bond acceptors (Lipinski definition) is 7. The highest BCUT2D eigenvalue weighted by molar-refractivity contribution is 7.10. The molecule has 176 valence electrons. The van der Waals surface area contributed by atoms with Gasteiger partial charge in [-0.05, 0) is 48.5 Å². The summed E-state index contributed by atoms with van der Waals surface area (Å²) in [6.07, 6.45) is 1.15. The number of hydrogen-bond donors (Lipinski definition) is 1. The van der Waals surface area contributed by atoms with Gasteiger partial charge in [0, 0.05) is 31.1 Å². The summed E-state index contributed by atoms with van der Waals surface area (Å²) in [6, 6.07) is 9.47. The fraction of sp³-hybridized carbons (Fsp3) is 0.542. The van der Waals surface area contributed by atoms with Crippen LogP contribution in [0.1, 0.15) is 29.8 Å². The van der Waals surface area contributed by atoms with Crippen LogP contribution < -0.4 is 9.47 Å². The molecule has 2 unspecified atom stereocenters. The molecular formula is C24H34N2O5S. The molecule has 1 amide bonds. The maximum atomic E-state index is 13.4. The standard InChI is InChI=1S/C24H34N2O5S/c1-4-10-25(14-18(27)16-29-2)15-24(28)26-11-8-23-21(9-12-32-23)22(26)17-31-20-7-5-6-19(13-20)30-3/h5-7,9,12-13,18,22,27H,4,8,10-11,14-17H2,1-3H3. The Morgan fingerprint density at radius 3 is 2.88 bits per heavy atom. The molecule has 1 aliphatic heterocycles. The molecule has 0 aliphatic carbocycles. The summed E-state index contributed by atoms with van der Waals surface area (Å²) in [5, 5.41) is 12.2. The molecule has 1 N–H and O–H groups in total. The second-order valence-corrected chi connectivity index (χ2v) is 8.99. The van der Waals surface area contributed by atoms with Gasteiger partial charge in [0.25, 0.3) is 0 Å². The van der Waals surface area contributed by atoms with Gasteiger partial charge in [0.2, 0.25) is 5.91 Å². The van der Waals surface area contributed by atoms with Crippen LogP contribution in [-0.4, -0.2) is 80.5 Å². The first-order valence-electron chi connectivity index (χ1n) is 11.1. The van der Waals surface area contributed by atoms with Crippen molar-refractivity contribution in [3.8, 4) is 11.5 Å². The summed E-state index contributed by atoms with van der Waals surface area (Å²) < 4.78 is 16.4. The van der Waals surface area contributed by atoms with Crippen LogP contribution in [0.5, 0.6) is 11.5 Å². The van der Waals surface area contributed by atoms with Gasteiger partial charge >= 0.3 is 0 Å². The predicted octanol–water partition coefficient (Wildman–Crippen LogP) is 2.98. The largest absolute Gasteiger partial charge is 0.497 e. The average Bonchev–Trinajstić information content (AvgIpc) is 3.27. The van der Waals surface area contributed by atoms with E-state index in [1.54, 1.807) is 25.6 Å². The molecule has 1 aromatic carbocycles. The molecule has 7 nitrogen and oxygen atoms in total. The lowest BCUT2D eigenvalue weighted by atomic mass is 10.0. The molecule has 0 saturated carbocycles. The number of rotatable bonds is 12. The first kappa shape index (κ1) is 24.5. The Balaban J connectivity index is 1.71. The molecule has 0 spiro atoms. The van der Waals surface area contributed by atoms with Crippen molar-refractivity contribution in [2.75, 3.05) is 53.6 Å². The molecule has 32 heavy (non-hydrogen) atoms. The van der Waals surface area contributed by atoms with E-state index >= 15 is 0 Å². The van der Waals surface area contributed by atoms with E-state index < -0.39 is 6.10 Å². The third-order valence-corrected chi connectivity index (χ3v) is 6.59. The monoisotopic (exact) mass is 462 g/mol. The third kappa shape index (κ3) is 6.45. The number of aliphatic hydroxyl groups is 1. The van der Waals surface area contributed by atoms with Gasteiger partial charge in [-0.25, -0.2) is 0 Å². The highest BCUT2D eigenvalue weighted by Gasteiger charge is 2.33. The molecule has 0 radical (unpaired) electrons. The molecule has 1 aromatic heterocycles. The van der Waals surface area contributed by atoms with Crippen LogP contribution in [0, 0.1) is 0 Å². The topological polar surface area (TPSA) is 71.5 Å². The summed E-state index contributed by atoms with van der Waals surface area (Å²) in [6.45, 7) is 4.80. The van der Waals surface area contributed by atoms with Gasteiger partial charge in [-0.15, -0.1) is 11.3 Å².